The van der Waals surface area contributed by atoms with E-state index in [2.05, 4.69) is 0 Å². The van der Waals surface area contributed by atoms with E-state index in [9.17, 15) is 17.6 Å². The summed E-state index contributed by atoms with van der Waals surface area (Å²) in [6.07, 6.45) is 0. The van der Waals surface area contributed by atoms with Crippen LogP contribution in [0.15, 0.2) is 53.4 Å². The number of rotatable bonds is 6. The summed E-state index contributed by atoms with van der Waals surface area (Å²) in [6, 6.07) is 12.3. The van der Waals surface area contributed by atoms with Gasteiger partial charge in [0.1, 0.15) is 5.82 Å². The van der Waals surface area contributed by atoms with Crippen molar-refractivity contribution in [1.82, 2.24) is 9.21 Å². The summed E-state index contributed by atoms with van der Waals surface area (Å²) in [6.45, 7) is 1.14. The Balaban J connectivity index is 1.49. The fourth-order valence-corrected chi connectivity index (χ4v) is 5.42. The highest BCUT2D eigenvalue weighted by Crippen LogP contribution is 2.20. The van der Waals surface area contributed by atoms with E-state index in [4.69, 9.17) is 11.6 Å². The van der Waals surface area contributed by atoms with Gasteiger partial charge in [-0.05, 0) is 42.0 Å². The van der Waals surface area contributed by atoms with Gasteiger partial charge in [-0.2, -0.15) is 4.31 Å². The second kappa shape index (κ2) is 9.26. The summed E-state index contributed by atoms with van der Waals surface area (Å²) in [7, 11) is -3.67. The predicted octanol–water partition coefficient (Wildman–Crippen LogP) is 3.25. The Morgan fingerprint density at radius 3 is 2.39 bits per heavy atom. The number of hydrogen-bond acceptors (Lipinski definition) is 4. The van der Waals surface area contributed by atoms with Gasteiger partial charge in [-0.15, -0.1) is 11.8 Å². The van der Waals surface area contributed by atoms with E-state index in [0.717, 1.165) is 17.7 Å². The second-order valence-corrected chi connectivity index (χ2v) is 9.72. The molecule has 0 spiro atoms. The summed E-state index contributed by atoms with van der Waals surface area (Å²) in [5.41, 5.74) is 1.06. The Hall–Kier alpha value is -1.61. The number of halogens is 2. The highest BCUT2D eigenvalue weighted by atomic mass is 35.5. The lowest BCUT2D eigenvalue weighted by Crippen LogP contribution is -2.50. The largest absolute Gasteiger partial charge is 0.339 e. The number of piperazine rings is 1. The van der Waals surface area contributed by atoms with Crippen LogP contribution in [0.25, 0.3) is 0 Å². The highest BCUT2D eigenvalue weighted by Gasteiger charge is 2.29. The van der Waals surface area contributed by atoms with Crippen LogP contribution in [-0.2, 0) is 20.6 Å². The van der Waals surface area contributed by atoms with Crippen LogP contribution in [0.2, 0.25) is 5.02 Å². The number of hydrogen-bond donors (Lipinski definition) is 0. The lowest BCUT2D eigenvalue weighted by Gasteiger charge is -2.34. The van der Waals surface area contributed by atoms with Gasteiger partial charge in [-0.3, -0.25) is 4.79 Å². The van der Waals surface area contributed by atoms with E-state index in [1.807, 2.05) is 18.2 Å². The summed E-state index contributed by atoms with van der Waals surface area (Å²) in [5.74, 6) is 0.526. The van der Waals surface area contributed by atoms with Crippen molar-refractivity contribution >= 4 is 39.3 Å². The zero-order chi connectivity index (χ0) is 20.1. The van der Waals surface area contributed by atoms with Crippen molar-refractivity contribution in [3.63, 3.8) is 0 Å². The third-order valence-electron chi connectivity index (χ3n) is 4.43. The summed E-state index contributed by atoms with van der Waals surface area (Å²) < 4.78 is 39.6. The number of amides is 1. The van der Waals surface area contributed by atoms with Crippen molar-refractivity contribution in [1.29, 1.82) is 0 Å². The fraction of sp³-hybridized carbons (Fsp3) is 0.316. The van der Waals surface area contributed by atoms with E-state index in [1.54, 1.807) is 11.0 Å². The SMILES string of the molecule is O=C(CSCc1cccc(Cl)c1)N1CCN(S(=O)(=O)c2ccc(F)cc2)CC1. The van der Waals surface area contributed by atoms with Crippen LogP contribution < -0.4 is 0 Å². The molecule has 0 atom stereocenters. The maximum absolute atomic E-state index is 13.0. The normalized spacial score (nSPS) is 15.6. The molecule has 2 aromatic carbocycles. The van der Waals surface area contributed by atoms with E-state index in [0.29, 0.717) is 29.6 Å². The molecule has 150 valence electrons. The molecular weight excluding hydrogens is 423 g/mol. The summed E-state index contributed by atoms with van der Waals surface area (Å²) in [4.78, 5) is 14.1. The quantitative estimate of drug-likeness (QED) is 0.689. The first-order chi connectivity index (χ1) is 13.4. The van der Waals surface area contributed by atoms with Gasteiger partial charge in [0, 0.05) is 37.0 Å². The molecule has 1 amide bonds. The van der Waals surface area contributed by atoms with Crippen LogP contribution in [-0.4, -0.2) is 55.5 Å². The summed E-state index contributed by atoms with van der Waals surface area (Å²) >= 11 is 7.46. The molecular formula is C19H20ClFN2O3S2. The standard InChI is InChI=1S/C19H20ClFN2O3S2/c20-16-3-1-2-15(12-16)13-27-14-19(24)22-8-10-23(11-9-22)28(25,26)18-6-4-17(21)5-7-18/h1-7,12H,8-11,13-14H2. The maximum atomic E-state index is 13.0. The van der Waals surface area contributed by atoms with Gasteiger partial charge in [0.2, 0.25) is 15.9 Å². The molecule has 0 N–H and O–H groups in total. The second-order valence-electron chi connectivity index (χ2n) is 6.36. The maximum Gasteiger partial charge on any atom is 0.243 e. The number of carbonyl (C=O) groups is 1. The van der Waals surface area contributed by atoms with Crippen molar-refractivity contribution in [3.8, 4) is 0 Å². The predicted molar refractivity (Wildman–Crippen MR) is 109 cm³/mol. The lowest BCUT2D eigenvalue weighted by atomic mass is 10.2. The molecule has 9 heteroatoms. The van der Waals surface area contributed by atoms with Crippen molar-refractivity contribution in [3.05, 3.63) is 64.9 Å². The Morgan fingerprint density at radius 2 is 1.75 bits per heavy atom. The van der Waals surface area contributed by atoms with E-state index < -0.39 is 15.8 Å². The molecule has 0 aliphatic carbocycles. The molecule has 0 unspecified atom stereocenters. The van der Waals surface area contributed by atoms with Crippen LogP contribution in [0, 0.1) is 5.82 Å². The molecule has 2 aromatic rings. The van der Waals surface area contributed by atoms with Crippen LogP contribution in [0.3, 0.4) is 0 Å². The fourth-order valence-electron chi connectivity index (χ4n) is 2.91. The third kappa shape index (κ3) is 5.26. The molecule has 5 nitrogen and oxygen atoms in total. The van der Waals surface area contributed by atoms with E-state index >= 15 is 0 Å². The van der Waals surface area contributed by atoms with Crippen LogP contribution in [0.4, 0.5) is 4.39 Å². The molecule has 0 bridgehead atoms. The minimum absolute atomic E-state index is 0.00846. The number of benzene rings is 2. The third-order valence-corrected chi connectivity index (χ3v) is 7.56. The Kier molecular flexibility index (Phi) is 6.98. The van der Waals surface area contributed by atoms with Crippen molar-refractivity contribution in [2.24, 2.45) is 0 Å². The van der Waals surface area contributed by atoms with Gasteiger partial charge in [0.05, 0.1) is 10.6 Å². The van der Waals surface area contributed by atoms with E-state index in [-0.39, 0.29) is 23.9 Å². The molecule has 3 rings (SSSR count). The first kappa shape index (κ1) is 21.1. The van der Waals surface area contributed by atoms with Gasteiger partial charge in [0.25, 0.3) is 0 Å². The molecule has 1 heterocycles. The van der Waals surface area contributed by atoms with Gasteiger partial charge in [0.15, 0.2) is 0 Å². The molecule has 28 heavy (non-hydrogen) atoms. The minimum atomic E-state index is -3.67. The zero-order valence-corrected chi connectivity index (χ0v) is 17.4. The first-order valence-electron chi connectivity index (χ1n) is 8.72. The van der Waals surface area contributed by atoms with Crippen LogP contribution in [0.1, 0.15) is 5.56 Å². The number of sulfonamides is 1. The van der Waals surface area contributed by atoms with Crippen molar-refractivity contribution in [2.45, 2.75) is 10.6 Å². The molecule has 0 radical (unpaired) electrons. The topological polar surface area (TPSA) is 57.7 Å². The zero-order valence-electron chi connectivity index (χ0n) is 15.1. The van der Waals surface area contributed by atoms with Crippen LogP contribution in [0.5, 0.6) is 0 Å². The Morgan fingerprint density at radius 1 is 1.07 bits per heavy atom. The van der Waals surface area contributed by atoms with Crippen molar-refractivity contribution in [2.75, 3.05) is 31.9 Å². The lowest BCUT2D eigenvalue weighted by molar-refractivity contribution is -0.129. The smallest absolute Gasteiger partial charge is 0.243 e. The average Bonchev–Trinajstić information content (AvgIpc) is 2.68. The Labute approximate surface area is 173 Å². The molecule has 0 saturated carbocycles. The van der Waals surface area contributed by atoms with Gasteiger partial charge < -0.3 is 4.90 Å². The van der Waals surface area contributed by atoms with Gasteiger partial charge in [-0.25, -0.2) is 12.8 Å². The van der Waals surface area contributed by atoms with Crippen LogP contribution >= 0.6 is 23.4 Å². The molecule has 1 aliphatic rings. The average molecular weight is 443 g/mol. The monoisotopic (exact) mass is 442 g/mol. The highest BCUT2D eigenvalue weighted by molar-refractivity contribution is 7.99. The molecule has 1 fully saturated rings. The summed E-state index contributed by atoms with van der Waals surface area (Å²) in [5, 5.41) is 0.669. The first-order valence-corrected chi connectivity index (χ1v) is 11.7. The number of carbonyl (C=O) groups excluding carboxylic acids is 1. The molecule has 0 aromatic heterocycles. The van der Waals surface area contributed by atoms with Gasteiger partial charge >= 0.3 is 0 Å². The number of nitrogens with zero attached hydrogens (tertiary/aromatic N) is 2. The molecule has 1 saturated heterocycles. The van der Waals surface area contributed by atoms with Gasteiger partial charge in [-0.1, -0.05) is 23.7 Å². The van der Waals surface area contributed by atoms with E-state index in [1.165, 1.54) is 28.2 Å². The number of thioether (sulfide) groups is 1. The Bertz CT molecular complexity index is 930. The van der Waals surface area contributed by atoms with Crippen molar-refractivity contribution < 1.29 is 17.6 Å². The molecule has 1 aliphatic heterocycles. The minimum Gasteiger partial charge on any atom is -0.339 e.